The number of rotatable bonds is 7. The lowest BCUT2D eigenvalue weighted by Gasteiger charge is -2.07. The smallest absolute Gasteiger partial charge is 0.269 e. The summed E-state index contributed by atoms with van der Waals surface area (Å²) in [6.07, 6.45) is 5.66. The van der Waals surface area contributed by atoms with E-state index in [0.29, 0.717) is 28.8 Å². The van der Waals surface area contributed by atoms with Crippen molar-refractivity contribution >= 4 is 5.91 Å². The summed E-state index contributed by atoms with van der Waals surface area (Å²) in [5, 5.41) is 6.99. The van der Waals surface area contributed by atoms with Crippen LogP contribution in [0, 0.1) is 12.8 Å². The van der Waals surface area contributed by atoms with Gasteiger partial charge in [-0.15, -0.1) is 0 Å². The van der Waals surface area contributed by atoms with Gasteiger partial charge in [0.05, 0.1) is 17.5 Å². The average molecular weight is 364 g/mol. The minimum atomic E-state index is -0.152. The molecule has 138 valence electrons. The molecule has 3 heterocycles. The van der Waals surface area contributed by atoms with Gasteiger partial charge in [0.1, 0.15) is 29.5 Å². The van der Waals surface area contributed by atoms with Gasteiger partial charge in [-0.1, -0.05) is 11.2 Å². The van der Waals surface area contributed by atoms with E-state index in [0.717, 1.165) is 17.8 Å². The van der Waals surface area contributed by atoms with Crippen LogP contribution in [0.2, 0.25) is 0 Å². The standard InChI is InChI=1S/C20H20N4O3/c1-13-16(19(24-27-13)17-4-2-3-9-21-17)12-26-15-7-8-18(22-11-15)20(25)23-10-14-5-6-14/h2-4,7-9,11,14H,5-6,10,12H2,1H3,(H,23,25). The van der Waals surface area contributed by atoms with E-state index in [1.165, 1.54) is 12.8 Å². The molecular formula is C20H20N4O3. The number of aryl methyl sites for hydroxylation is 1. The van der Waals surface area contributed by atoms with Crippen molar-refractivity contribution in [2.45, 2.75) is 26.4 Å². The summed E-state index contributed by atoms with van der Waals surface area (Å²) < 4.78 is 11.1. The predicted octanol–water partition coefficient (Wildman–Crippen LogP) is 3.16. The van der Waals surface area contributed by atoms with E-state index in [1.54, 1.807) is 24.5 Å². The Balaban J connectivity index is 1.40. The average Bonchev–Trinajstić information content (AvgIpc) is 3.47. The van der Waals surface area contributed by atoms with Gasteiger partial charge in [-0.05, 0) is 49.9 Å². The van der Waals surface area contributed by atoms with E-state index in [9.17, 15) is 4.79 Å². The number of carbonyl (C=O) groups excluding carboxylic acids is 1. The van der Waals surface area contributed by atoms with E-state index < -0.39 is 0 Å². The largest absolute Gasteiger partial charge is 0.487 e. The molecule has 3 aromatic rings. The van der Waals surface area contributed by atoms with E-state index in [4.69, 9.17) is 9.26 Å². The van der Waals surface area contributed by atoms with Gasteiger partial charge in [0.15, 0.2) is 0 Å². The molecule has 3 aromatic heterocycles. The van der Waals surface area contributed by atoms with Gasteiger partial charge >= 0.3 is 0 Å². The van der Waals surface area contributed by atoms with Gasteiger partial charge in [-0.25, -0.2) is 4.98 Å². The Morgan fingerprint density at radius 1 is 1.26 bits per heavy atom. The predicted molar refractivity (Wildman–Crippen MR) is 98.1 cm³/mol. The third-order valence-corrected chi connectivity index (χ3v) is 4.49. The lowest BCUT2D eigenvalue weighted by Crippen LogP contribution is -2.26. The van der Waals surface area contributed by atoms with Crippen LogP contribution in [0.5, 0.6) is 5.75 Å². The Morgan fingerprint density at radius 3 is 2.85 bits per heavy atom. The third kappa shape index (κ3) is 4.13. The van der Waals surface area contributed by atoms with Crippen LogP contribution in [-0.4, -0.2) is 27.6 Å². The Labute approximate surface area is 156 Å². The number of hydrogen-bond donors (Lipinski definition) is 1. The van der Waals surface area contributed by atoms with E-state index in [-0.39, 0.29) is 12.5 Å². The highest BCUT2D eigenvalue weighted by molar-refractivity contribution is 5.92. The maximum atomic E-state index is 12.0. The molecule has 1 N–H and O–H groups in total. The first-order chi connectivity index (χ1) is 13.2. The number of nitrogens with zero attached hydrogens (tertiary/aromatic N) is 3. The Morgan fingerprint density at radius 2 is 2.15 bits per heavy atom. The van der Waals surface area contributed by atoms with Crippen molar-refractivity contribution in [3.63, 3.8) is 0 Å². The molecular weight excluding hydrogens is 344 g/mol. The van der Waals surface area contributed by atoms with Crippen molar-refractivity contribution in [2.75, 3.05) is 6.54 Å². The van der Waals surface area contributed by atoms with Gasteiger partial charge in [0.25, 0.3) is 5.91 Å². The summed E-state index contributed by atoms with van der Waals surface area (Å²) in [5.74, 6) is 1.73. The normalized spacial score (nSPS) is 13.4. The van der Waals surface area contributed by atoms with Crippen molar-refractivity contribution in [1.29, 1.82) is 0 Å². The van der Waals surface area contributed by atoms with Gasteiger partial charge in [-0.3, -0.25) is 9.78 Å². The van der Waals surface area contributed by atoms with Gasteiger partial charge in [0.2, 0.25) is 0 Å². The summed E-state index contributed by atoms with van der Waals surface area (Å²) >= 11 is 0. The summed E-state index contributed by atoms with van der Waals surface area (Å²) in [7, 11) is 0. The minimum Gasteiger partial charge on any atom is -0.487 e. The number of amides is 1. The molecule has 7 heteroatoms. The SMILES string of the molecule is Cc1onc(-c2ccccn2)c1COc1ccc(C(=O)NCC2CC2)nc1. The highest BCUT2D eigenvalue weighted by atomic mass is 16.5. The summed E-state index contributed by atoms with van der Waals surface area (Å²) in [6.45, 7) is 2.83. The lowest BCUT2D eigenvalue weighted by molar-refractivity contribution is 0.0946. The van der Waals surface area contributed by atoms with Crippen molar-refractivity contribution in [3.8, 4) is 17.1 Å². The number of pyridine rings is 2. The van der Waals surface area contributed by atoms with Crippen LogP contribution in [0.1, 0.15) is 34.7 Å². The fourth-order valence-corrected chi connectivity index (χ4v) is 2.67. The fourth-order valence-electron chi connectivity index (χ4n) is 2.67. The second-order valence-corrected chi connectivity index (χ2v) is 6.60. The topological polar surface area (TPSA) is 90.1 Å². The zero-order valence-corrected chi connectivity index (χ0v) is 15.0. The Kier molecular flexibility index (Phi) is 4.82. The van der Waals surface area contributed by atoms with Crippen LogP contribution < -0.4 is 10.1 Å². The molecule has 0 spiro atoms. The molecule has 1 saturated carbocycles. The molecule has 1 fully saturated rings. The highest BCUT2D eigenvalue weighted by Gasteiger charge is 2.22. The highest BCUT2D eigenvalue weighted by Crippen LogP contribution is 2.27. The zero-order valence-electron chi connectivity index (χ0n) is 15.0. The lowest BCUT2D eigenvalue weighted by atomic mass is 10.1. The van der Waals surface area contributed by atoms with Crippen LogP contribution in [0.3, 0.4) is 0 Å². The number of aromatic nitrogens is 3. The second-order valence-electron chi connectivity index (χ2n) is 6.60. The molecule has 0 bridgehead atoms. The molecule has 0 aliphatic heterocycles. The molecule has 0 aromatic carbocycles. The van der Waals surface area contributed by atoms with Crippen molar-refractivity contribution in [2.24, 2.45) is 5.92 Å². The first kappa shape index (κ1) is 17.2. The van der Waals surface area contributed by atoms with E-state index in [1.807, 2.05) is 25.1 Å². The zero-order chi connectivity index (χ0) is 18.6. The number of hydrogen-bond acceptors (Lipinski definition) is 6. The summed E-state index contributed by atoms with van der Waals surface area (Å²) in [5.41, 5.74) is 2.61. The van der Waals surface area contributed by atoms with Crippen LogP contribution in [-0.2, 0) is 6.61 Å². The fraction of sp³-hybridized carbons (Fsp3) is 0.300. The summed E-state index contributed by atoms with van der Waals surface area (Å²) in [4.78, 5) is 20.5. The van der Waals surface area contributed by atoms with E-state index >= 15 is 0 Å². The molecule has 7 nitrogen and oxygen atoms in total. The maximum absolute atomic E-state index is 12.0. The van der Waals surface area contributed by atoms with Crippen LogP contribution in [0.4, 0.5) is 0 Å². The van der Waals surface area contributed by atoms with Gasteiger partial charge < -0.3 is 14.6 Å². The molecule has 27 heavy (non-hydrogen) atoms. The molecule has 0 atom stereocenters. The Bertz CT molecular complexity index is 918. The van der Waals surface area contributed by atoms with Crippen molar-refractivity contribution in [3.05, 3.63) is 59.7 Å². The molecule has 1 aliphatic carbocycles. The first-order valence-corrected chi connectivity index (χ1v) is 8.94. The van der Waals surface area contributed by atoms with E-state index in [2.05, 4.69) is 20.4 Å². The van der Waals surface area contributed by atoms with Crippen molar-refractivity contribution < 1.29 is 14.1 Å². The Hall–Kier alpha value is -3.22. The monoisotopic (exact) mass is 364 g/mol. The third-order valence-electron chi connectivity index (χ3n) is 4.49. The van der Waals surface area contributed by atoms with Gasteiger partial charge in [0, 0.05) is 12.7 Å². The number of carbonyl (C=O) groups is 1. The quantitative estimate of drug-likeness (QED) is 0.693. The van der Waals surface area contributed by atoms with Crippen molar-refractivity contribution in [1.82, 2.24) is 20.4 Å². The molecule has 0 saturated heterocycles. The molecule has 1 amide bonds. The molecule has 4 rings (SSSR count). The second kappa shape index (κ2) is 7.57. The van der Waals surface area contributed by atoms with Crippen LogP contribution in [0.15, 0.2) is 47.2 Å². The first-order valence-electron chi connectivity index (χ1n) is 8.94. The number of nitrogens with one attached hydrogen (secondary N) is 1. The van der Waals surface area contributed by atoms with Crippen LogP contribution >= 0.6 is 0 Å². The molecule has 0 unspecified atom stereocenters. The van der Waals surface area contributed by atoms with Crippen LogP contribution in [0.25, 0.3) is 11.4 Å². The minimum absolute atomic E-state index is 0.152. The van der Waals surface area contributed by atoms with Gasteiger partial charge in [-0.2, -0.15) is 0 Å². The number of ether oxygens (including phenoxy) is 1. The molecule has 1 aliphatic rings. The molecule has 0 radical (unpaired) electrons. The maximum Gasteiger partial charge on any atom is 0.269 e. The summed E-state index contributed by atoms with van der Waals surface area (Å²) in [6, 6.07) is 9.02.